The number of hydrogen-bond donors (Lipinski definition) is 0. The molecule has 0 N–H and O–H groups in total. The fourth-order valence-electron chi connectivity index (χ4n) is 2.55. The van der Waals surface area contributed by atoms with E-state index in [1.54, 1.807) is 0 Å². The van der Waals surface area contributed by atoms with Crippen LogP contribution in [0, 0.1) is 22.9 Å². The van der Waals surface area contributed by atoms with Crippen LogP contribution < -0.4 is 10.4 Å². The van der Waals surface area contributed by atoms with Gasteiger partial charge >= 0.3 is 0 Å². The standard InChI is InChI=1S/C22H34Si2/c1-7-9-11-13-19-23(3,4)21-15-17-22(18-16-21)24(5,6)20-14-12-10-8-2/h15-18H,7-12H2,1-6H3. The van der Waals surface area contributed by atoms with Crippen molar-refractivity contribution in [1.29, 1.82) is 0 Å². The third-order valence-electron chi connectivity index (χ3n) is 4.44. The van der Waals surface area contributed by atoms with Gasteiger partial charge in [0.2, 0.25) is 0 Å². The third kappa shape index (κ3) is 6.72. The molecule has 0 fully saturated rings. The van der Waals surface area contributed by atoms with Crippen molar-refractivity contribution >= 4 is 26.5 Å². The molecule has 0 saturated heterocycles. The number of benzene rings is 1. The van der Waals surface area contributed by atoms with Crippen LogP contribution in [0.15, 0.2) is 24.3 Å². The summed E-state index contributed by atoms with van der Waals surface area (Å²) in [7, 11) is -3.26. The Hall–Kier alpha value is -1.23. The smallest absolute Gasteiger partial charge is 0.126 e. The van der Waals surface area contributed by atoms with Crippen LogP contribution in [0.4, 0.5) is 0 Å². The van der Waals surface area contributed by atoms with E-state index < -0.39 is 16.1 Å². The second-order valence-corrected chi connectivity index (χ2v) is 15.8. The lowest BCUT2D eigenvalue weighted by molar-refractivity contribution is 0.828. The number of hydrogen-bond acceptors (Lipinski definition) is 0. The van der Waals surface area contributed by atoms with Crippen LogP contribution in [-0.2, 0) is 0 Å². The molecule has 2 heteroatoms. The van der Waals surface area contributed by atoms with Crippen LogP contribution in [0.1, 0.15) is 52.4 Å². The molecule has 1 aromatic rings. The van der Waals surface area contributed by atoms with Gasteiger partial charge in [0, 0.05) is 12.8 Å². The van der Waals surface area contributed by atoms with Crippen molar-refractivity contribution < 1.29 is 0 Å². The minimum atomic E-state index is -1.63. The predicted octanol–water partition coefficient (Wildman–Crippen LogP) is 4.98. The van der Waals surface area contributed by atoms with Gasteiger partial charge in [-0.05, 0) is 23.2 Å². The molecule has 0 aliphatic rings. The second kappa shape index (κ2) is 9.92. The summed E-state index contributed by atoms with van der Waals surface area (Å²) in [5.74, 6) is 6.82. The summed E-state index contributed by atoms with van der Waals surface area (Å²) in [4.78, 5) is 0. The highest BCUT2D eigenvalue weighted by Gasteiger charge is 2.24. The van der Waals surface area contributed by atoms with Crippen LogP contribution in [0.2, 0.25) is 26.2 Å². The van der Waals surface area contributed by atoms with Gasteiger partial charge in [0.15, 0.2) is 16.1 Å². The summed E-state index contributed by atoms with van der Waals surface area (Å²) in [5.41, 5.74) is 7.18. The quantitative estimate of drug-likeness (QED) is 0.384. The molecule has 0 aliphatic heterocycles. The van der Waals surface area contributed by atoms with E-state index in [1.165, 1.54) is 36.1 Å². The average molecular weight is 355 g/mol. The second-order valence-electron chi connectivity index (χ2n) is 7.64. The first-order valence-electron chi connectivity index (χ1n) is 9.44. The van der Waals surface area contributed by atoms with Gasteiger partial charge in [-0.15, -0.1) is 22.9 Å². The molecule has 0 atom stereocenters. The summed E-state index contributed by atoms with van der Waals surface area (Å²) in [6.07, 6.45) is 6.96. The van der Waals surface area contributed by atoms with Crippen molar-refractivity contribution in [3.8, 4) is 22.9 Å². The topological polar surface area (TPSA) is 0 Å². The highest BCUT2D eigenvalue weighted by molar-refractivity contribution is 6.97. The Labute approximate surface area is 152 Å². The Morgan fingerprint density at radius 1 is 0.667 bits per heavy atom. The third-order valence-corrected chi connectivity index (χ3v) is 9.60. The lowest BCUT2D eigenvalue weighted by Gasteiger charge is -2.19. The molecule has 0 bridgehead atoms. The summed E-state index contributed by atoms with van der Waals surface area (Å²) in [6, 6.07) is 9.27. The van der Waals surface area contributed by atoms with E-state index >= 15 is 0 Å². The van der Waals surface area contributed by atoms with Gasteiger partial charge < -0.3 is 0 Å². The largest absolute Gasteiger partial charge is 0.162 e. The number of rotatable bonds is 6. The molecule has 0 amide bonds. The van der Waals surface area contributed by atoms with Crippen molar-refractivity contribution in [2.24, 2.45) is 0 Å². The van der Waals surface area contributed by atoms with Gasteiger partial charge in [0.05, 0.1) is 0 Å². The van der Waals surface area contributed by atoms with Gasteiger partial charge in [-0.1, -0.05) is 77.1 Å². The highest BCUT2D eigenvalue weighted by atomic mass is 28.3. The van der Waals surface area contributed by atoms with Crippen LogP contribution in [0.25, 0.3) is 0 Å². The van der Waals surface area contributed by atoms with Crippen LogP contribution in [0.3, 0.4) is 0 Å². The van der Waals surface area contributed by atoms with Crippen LogP contribution in [-0.4, -0.2) is 16.1 Å². The van der Waals surface area contributed by atoms with Crippen molar-refractivity contribution in [3.63, 3.8) is 0 Å². The lowest BCUT2D eigenvalue weighted by atomic mass is 10.3. The van der Waals surface area contributed by atoms with Crippen molar-refractivity contribution in [1.82, 2.24) is 0 Å². The Balaban J connectivity index is 2.86. The Morgan fingerprint density at radius 2 is 1.00 bits per heavy atom. The molecule has 24 heavy (non-hydrogen) atoms. The summed E-state index contributed by atoms with van der Waals surface area (Å²) in [5, 5.41) is 2.89. The zero-order valence-corrected chi connectivity index (χ0v) is 18.6. The highest BCUT2D eigenvalue weighted by Crippen LogP contribution is 2.06. The first-order valence-corrected chi connectivity index (χ1v) is 15.4. The van der Waals surface area contributed by atoms with E-state index in [1.807, 2.05) is 0 Å². The van der Waals surface area contributed by atoms with Gasteiger partial charge in [-0.2, -0.15) is 0 Å². The van der Waals surface area contributed by atoms with E-state index in [-0.39, 0.29) is 0 Å². The first-order chi connectivity index (χ1) is 11.3. The number of unbranched alkanes of at least 4 members (excludes halogenated alkanes) is 4. The lowest BCUT2D eigenvalue weighted by Crippen LogP contribution is -2.44. The van der Waals surface area contributed by atoms with Gasteiger partial charge in [-0.25, -0.2) is 0 Å². The fraction of sp³-hybridized carbons (Fsp3) is 0.545. The zero-order valence-electron chi connectivity index (χ0n) is 16.6. The predicted molar refractivity (Wildman–Crippen MR) is 115 cm³/mol. The van der Waals surface area contributed by atoms with Crippen LogP contribution >= 0.6 is 0 Å². The maximum atomic E-state index is 3.59. The van der Waals surface area contributed by atoms with Gasteiger partial charge in [-0.3, -0.25) is 0 Å². The van der Waals surface area contributed by atoms with E-state index in [0.29, 0.717) is 0 Å². The van der Waals surface area contributed by atoms with Crippen molar-refractivity contribution in [2.75, 3.05) is 0 Å². The maximum Gasteiger partial charge on any atom is 0.162 e. The Morgan fingerprint density at radius 3 is 1.29 bits per heavy atom. The molecule has 0 aliphatic carbocycles. The molecule has 130 valence electrons. The molecule has 0 saturated carbocycles. The van der Waals surface area contributed by atoms with E-state index in [2.05, 4.69) is 87.2 Å². The van der Waals surface area contributed by atoms with Crippen molar-refractivity contribution in [2.45, 2.75) is 78.6 Å². The molecule has 1 rings (SSSR count). The Kier molecular flexibility index (Phi) is 8.61. The minimum Gasteiger partial charge on any atom is -0.126 e. The maximum absolute atomic E-state index is 3.59. The molecule has 0 aromatic heterocycles. The molecule has 0 heterocycles. The van der Waals surface area contributed by atoms with E-state index in [0.717, 1.165) is 12.8 Å². The van der Waals surface area contributed by atoms with E-state index in [4.69, 9.17) is 0 Å². The normalized spacial score (nSPS) is 11.2. The zero-order chi connectivity index (χ0) is 18.1. The fourth-order valence-corrected chi connectivity index (χ4v) is 5.97. The summed E-state index contributed by atoms with van der Waals surface area (Å²) >= 11 is 0. The molecule has 1 aromatic carbocycles. The van der Waals surface area contributed by atoms with Gasteiger partial charge in [0.1, 0.15) is 0 Å². The van der Waals surface area contributed by atoms with Crippen molar-refractivity contribution in [3.05, 3.63) is 24.3 Å². The minimum absolute atomic E-state index is 1.04. The molecule has 0 unspecified atom stereocenters. The Bertz CT molecular complexity index is 559. The molecule has 0 nitrogen and oxygen atoms in total. The first kappa shape index (κ1) is 20.8. The summed E-state index contributed by atoms with van der Waals surface area (Å²) in [6.45, 7) is 13.9. The molecule has 0 radical (unpaired) electrons. The van der Waals surface area contributed by atoms with E-state index in [9.17, 15) is 0 Å². The van der Waals surface area contributed by atoms with Gasteiger partial charge in [0.25, 0.3) is 0 Å². The molecular formula is C22H34Si2. The average Bonchev–Trinajstić information content (AvgIpc) is 2.56. The molecule has 0 spiro atoms. The van der Waals surface area contributed by atoms with Crippen LogP contribution in [0.5, 0.6) is 0 Å². The molecular weight excluding hydrogens is 320 g/mol. The monoisotopic (exact) mass is 354 g/mol. The SMILES string of the molecule is CCCCC#C[Si](C)(C)c1ccc([Si](C)(C)C#CCCCC)cc1. The summed E-state index contributed by atoms with van der Waals surface area (Å²) < 4.78 is 0.